The van der Waals surface area contributed by atoms with Crippen LogP contribution in [0.25, 0.3) is 22.0 Å². The summed E-state index contributed by atoms with van der Waals surface area (Å²) in [5.41, 5.74) is 2.94. The summed E-state index contributed by atoms with van der Waals surface area (Å²) in [6.45, 7) is 4.77. The van der Waals surface area contributed by atoms with Gasteiger partial charge in [-0.05, 0) is 47.4 Å². The maximum absolute atomic E-state index is 15.6. The third kappa shape index (κ3) is 3.89. The fourth-order valence-electron chi connectivity index (χ4n) is 4.24. The second kappa shape index (κ2) is 8.52. The highest BCUT2D eigenvalue weighted by Gasteiger charge is 2.30. The van der Waals surface area contributed by atoms with E-state index in [2.05, 4.69) is 10.1 Å². The summed E-state index contributed by atoms with van der Waals surface area (Å²) in [6.07, 6.45) is 3.35. The fourth-order valence-corrected chi connectivity index (χ4v) is 4.24. The number of aryl methyl sites for hydroxylation is 1. The van der Waals surface area contributed by atoms with Gasteiger partial charge in [0.1, 0.15) is 17.1 Å². The van der Waals surface area contributed by atoms with Gasteiger partial charge in [-0.1, -0.05) is 19.9 Å². The van der Waals surface area contributed by atoms with Crippen molar-refractivity contribution in [1.29, 1.82) is 0 Å². The molecule has 8 heteroatoms. The highest BCUT2D eigenvalue weighted by Crippen LogP contribution is 2.36. The van der Waals surface area contributed by atoms with Gasteiger partial charge in [-0.15, -0.1) is 0 Å². The van der Waals surface area contributed by atoms with Crippen molar-refractivity contribution in [3.63, 3.8) is 0 Å². The molecule has 2 aromatic carbocycles. The quantitative estimate of drug-likeness (QED) is 0.400. The van der Waals surface area contributed by atoms with Crippen LogP contribution in [0.15, 0.2) is 48.8 Å². The molecule has 0 fully saturated rings. The Morgan fingerprint density at radius 1 is 1.12 bits per heavy atom. The maximum atomic E-state index is 15.6. The molecule has 0 atom stereocenters. The van der Waals surface area contributed by atoms with E-state index in [4.69, 9.17) is 4.74 Å². The Balaban J connectivity index is 1.56. The molecule has 34 heavy (non-hydrogen) atoms. The zero-order chi connectivity index (χ0) is 24.0. The maximum Gasteiger partial charge on any atom is 0.256 e. The van der Waals surface area contributed by atoms with Gasteiger partial charge in [0.05, 0.1) is 31.0 Å². The number of rotatable bonds is 6. The number of aromatic nitrogens is 3. The van der Waals surface area contributed by atoms with Crippen molar-refractivity contribution in [2.45, 2.75) is 26.9 Å². The minimum atomic E-state index is -0.491. The number of ether oxygens (including phenoxy) is 1. The van der Waals surface area contributed by atoms with E-state index in [-0.39, 0.29) is 23.9 Å². The van der Waals surface area contributed by atoms with E-state index < -0.39 is 11.6 Å². The first-order valence-corrected chi connectivity index (χ1v) is 11.1. The molecule has 2 aromatic heterocycles. The van der Waals surface area contributed by atoms with Gasteiger partial charge in [0.2, 0.25) is 0 Å². The van der Waals surface area contributed by atoms with E-state index in [0.717, 1.165) is 0 Å². The van der Waals surface area contributed by atoms with E-state index >= 15 is 4.39 Å². The van der Waals surface area contributed by atoms with Gasteiger partial charge in [0.25, 0.3) is 5.91 Å². The van der Waals surface area contributed by atoms with Crippen LogP contribution in [-0.2, 0) is 20.1 Å². The third-order valence-electron chi connectivity index (χ3n) is 5.88. The first kappa shape index (κ1) is 22.0. The molecule has 0 N–H and O–H groups in total. The Morgan fingerprint density at radius 2 is 1.94 bits per heavy atom. The standard InChI is InChI=1S/C26H24F2N4O2/c1-15(2)14-34-24-10-16(17-6-7-21(27)25-19(17)11-31(3)30-25)9-22(28)20(24)12-32-13-23-18(26(32)33)5-4-8-29-23/h4-11,15H,12-14H2,1-3H3. The molecular weight excluding hydrogens is 438 g/mol. The molecular formula is C26H24F2N4O2. The Bertz CT molecular complexity index is 1410. The van der Waals surface area contributed by atoms with Crippen LogP contribution in [0.5, 0.6) is 5.75 Å². The van der Waals surface area contributed by atoms with Gasteiger partial charge >= 0.3 is 0 Å². The molecule has 6 nitrogen and oxygen atoms in total. The minimum absolute atomic E-state index is 0.0560. The topological polar surface area (TPSA) is 60.2 Å². The SMILES string of the molecule is CC(C)COc1cc(-c2ccc(F)c3nn(C)cc23)cc(F)c1CN1Cc2ncccc2C1=O. The Kier molecular flexibility index (Phi) is 5.51. The summed E-state index contributed by atoms with van der Waals surface area (Å²) in [5, 5.41) is 4.77. The van der Waals surface area contributed by atoms with Crippen molar-refractivity contribution >= 4 is 16.8 Å². The van der Waals surface area contributed by atoms with Crippen molar-refractivity contribution < 1.29 is 18.3 Å². The molecule has 0 saturated carbocycles. The Morgan fingerprint density at radius 3 is 2.71 bits per heavy atom. The number of nitrogens with zero attached hydrogens (tertiary/aromatic N) is 4. The molecule has 0 bridgehead atoms. The lowest BCUT2D eigenvalue weighted by Gasteiger charge is -2.20. The van der Waals surface area contributed by atoms with Crippen molar-refractivity contribution in [3.8, 4) is 16.9 Å². The number of pyridine rings is 1. The molecule has 0 radical (unpaired) electrons. The second-order valence-electron chi connectivity index (χ2n) is 8.96. The molecule has 0 aliphatic carbocycles. The van der Waals surface area contributed by atoms with Crippen LogP contribution < -0.4 is 4.74 Å². The molecule has 1 aliphatic rings. The Hall–Kier alpha value is -3.81. The number of halogens is 2. The molecule has 3 heterocycles. The average molecular weight is 463 g/mol. The predicted molar refractivity (Wildman–Crippen MR) is 124 cm³/mol. The van der Waals surface area contributed by atoms with E-state index in [0.29, 0.717) is 52.2 Å². The predicted octanol–water partition coefficient (Wildman–Crippen LogP) is 5.10. The van der Waals surface area contributed by atoms with Crippen LogP contribution in [0, 0.1) is 17.6 Å². The van der Waals surface area contributed by atoms with Crippen LogP contribution in [0.1, 0.15) is 35.5 Å². The lowest BCUT2D eigenvalue weighted by Crippen LogP contribution is -2.24. The fraction of sp³-hybridized carbons (Fsp3) is 0.269. The van der Waals surface area contributed by atoms with Gasteiger partial charge in [-0.2, -0.15) is 5.10 Å². The molecule has 0 unspecified atom stereocenters. The van der Waals surface area contributed by atoms with Gasteiger partial charge in [0, 0.05) is 30.4 Å². The molecule has 174 valence electrons. The van der Waals surface area contributed by atoms with E-state index in [1.165, 1.54) is 16.8 Å². The minimum Gasteiger partial charge on any atom is -0.493 e. The van der Waals surface area contributed by atoms with Gasteiger partial charge in [-0.25, -0.2) is 8.78 Å². The van der Waals surface area contributed by atoms with E-state index in [1.54, 1.807) is 48.6 Å². The van der Waals surface area contributed by atoms with Crippen LogP contribution in [0.2, 0.25) is 0 Å². The smallest absolute Gasteiger partial charge is 0.256 e. The number of carbonyl (C=O) groups excluding carboxylic acids is 1. The molecule has 5 rings (SSSR count). The lowest BCUT2D eigenvalue weighted by atomic mass is 9.99. The number of amides is 1. The van der Waals surface area contributed by atoms with Crippen LogP contribution in [-0.4, -0.2) is 32.2 Å². The third-order valence-corrected chi connectivity index (χ3v) is 5.88. The second-order valence-corrected chi connectivity index (χ2v) is 8.96. The normalized spacial score (nSPS) is 13.2. The molecule has 4 aromatic rings. The van der Waals surface area contributed by atoms with E-state index in [9.17, 15) is 9.18 Å². The highest BCUT2D eigenvalue weighted by molar-refractivity contribution is 5.98. The summed E-state index contributed by atoms with van der Waals surface area (Å²) < 4.78 is 37.4. The summed E-state index contributed by atoms with van der Waals surface area (Å²) in [7, 11) is 1.71. The van der Waals surface area contributed by atoms with Crippen molar-refractivity contribution in [1.82, 2.24) is 19.7 Å². The van der Waals surface area contributed by atoms with E-state index in [1.807, 2.05) is 13.8 Å². The summed E-state index contributed by atoms with van der Waals surface area (Å²) in [4.78, 5) is 18.7. The monoisotopic (exact) mass is 462 g/mol. The molecule has 1 amide bonds. The average Bonchev–Trinajstić information content (AvgIpc) is 3.35. The van der Waals surface area contributed by atoms with Gasteiger partial charge in [0.15, 0.2) is 5.82 Å². The number of fused-ring (bicyclic) bond motifs is 2. The van der Waals surface area contributed by atoms with Crippen molar-refractivity contribution in [3.05, 3.63) is 77.2 Å². The lowest BCUT2D eigenvalue weighted by molar-refractivity contribution is 0.0763. The zero-order valence-corrected chi connectivity index (χ0v) is 19.2. The summed E-state index contributed by atoms with van der Waals surface area (Å²) in [6, 6.07) is 9.56. The van der Waals surface area contributed by atoms with Gasteiger partial charge < -0.3 is 9.64 Å². The van der Waals surface area contributed by atoms with Crippen molar-refractivity contribution in [2.24, 2.45) is 13.0 Å². The van der Waals surface area contributed by atoms with Crippen LogP contribution in [0.4, 0.5) is 8.78 Å². The van der Waals surface area contributed by atoms with Gasteiger partial charge in [-0.3, -0.25) is 14.5 Å². The first-order valence-electron chi connectivity index (χ1n) is 11.1. The molecule has 0 spiro atoms. The first-order chi connectivity index (χ1) is 16.3. The largest absolute Gasteiger partial charge is 0.493 e. The summed E-state index contributed by atoms with van der Waals surface area (Å²) >= 11 is 0. The van der Waals surface area contributed by atoms with Crippen LogP contribution in [0.3, 0.4) is 0 Å². The highest BCUT2D eigenvalue weighted by atomic mass is 19.1. The number of carbonyl (C=O) groups is 1. The molecule has 1 aliphatic heterocycles. The molecule has 0 saturated heterocycles. The van der Waals surface area contributed by atoms with Crippen LogP contribution >= 0.6 is 0 Å². The van der Waals surface area contributed by atoms with Crippen molar-refractivity contribution in [2.75, 3.05) is 6.61 Å². The Labute approximate surface area is 195 Å². The summed E-state index contributed by atoms with van der Waals surface area (Å²) in [5.74, 6) is -0.529. The zero-order valence-electron chi connectivity index (χ0n) is 19.2. The number of hydrogen-bond donors (Lipinski definition) is 0. The number of hydrogen-bond acceptors (Lipinski definition) is 4. The number of benzene rings is 2.